The molecule has 0 bridgehead atoms. The van der Waals surface area contributed by atoms with Crippen LogP contribution in [0.25, 0.3) is 0 Å². The van der Waals surface area contributed by atoms with Crippen LogP contribution in [0.4, 0.5) is 0 Å². The van der Waals surface area contributed by atoms with E-state index in [9.17, 15) is 18.0 Å². The average molecular weight is 499 g/mol. The molecule has 8 heteroatoms. The van der Waals surface area contributed by atoms with Crippen LogP contribution in [-0.4, -0.2) is 27.5 Å². The third-order valence-electron chi connectivity index (χ3n) is 6.63. The van der Waals surface area contributed by atoms with Gasteiger partial charge < -0.3 is 13.7 Å². The Bertz CT molecular complexity index is 1300. The molecule has 0 radical (unpaired) electrons. The monoisotopic (exact) mass is 498 g/mol. The number of methoxy groups -OCH3 is 1. The molecule has 2 aromatic carbocycles. The Morgan fingerprint density at radius 3 is 2.46 bits per heavy atom. The fraction of sp³-hybridized carbons (Fsp3) is 0.407. The quantitative estimate of drug-likeness (QED) is 0.271. The Balaban J connectivity index is 1.80. The van der Waals surface area contributed by atoms with Crippen LogP contribution in [0.2, 0.25) is 0 Å². The number of carbonyl (C=O) groups excluding carboxylic acids is 2. The van der Waals surface area contributed by atoms with E-state index >= 15 is 0 Å². The van der Waals surface area contributed by atoms with Crippen molar-refractivity contribution in [2.24, 2.45) is 0 Å². The predicted molar refractivity (Wildman–Crippen MR) is 130 cm³/mol. The highest BCUT2D eigenvalue weighted by molar-refractivity contribution is 7.87. The number of fused-ring (bicyclic) bond motifs is 1. The summed E-state index contributed by atoms with van der Waals surface area (Å²) in [5.41, 5.74) is 5.46. The molecule has 1 aliphatic heterocycles. The van der Waals surface area contributed by atoms with Gasteiger partial charge in [0.15, 0.2) is 5.75 Å². The second kappa shape index (κ2) is 9.85. The van der Waals surface area contributed by atoms with Crippen LogP contribution in [0.5, 0.6) is 5.75 Å². The Labute approximate surface area is 206 Å². The second-order valence-corrected chi connectivity index (χ2v) is 10.8. The molecule has 186 valence electrons. The molecule has 0 N–H and O–H groups in total. The molecule has 0 saturated heterocycles. The molecule has 0 atom stereocenters. The molecule has 0 aromatic heterocycles. The third-order valence-corrected chi connectivity index (χ3v) is 7.87. The van der Waals surface area contributed by atoms with Crippen molar-refractivity contribution in [3.63, 3.8) is 0 Å². The van der Waals surface area contributed by atoms with Crippen molar-refractivity contribution in [1.29, 1.82) is 0 Å². The van der Waals surface area contributed by atoms with E-state index < -0.39 is 16.1 Å². The van der Waals surface area contributed by atoms with Crippen LogP contribution in [0.3, 0.4) is 0 Å². The zero-order valence-corrected chi connectivity index (χ0v) is 21.3. The summed E-state index contributed by atoms with van der Waals surface area (Å²) in [6.07, 6.45) is 5.11. The second-order valence-electron chi connectivity index (χ2n) is 9.23. The maximum absolute atomic E-state index is 13.3. The Morgan fingerprint density at radius 1 is 1.14 bits per heavy atom. The van der Waals surface area contributed by atoms with E-state index in [-0.39, 0.29) is 35.2 Å². The molecule has 2 aliphatic rings. The first-order valence-electron chi connectivity index (χ1n) is 11.7. The first kappa shape index (κ1) is 25.0. The maximum Gasteiger partial charge on any atom is 0.342 e. The predicted octanol–water partition coefficient (Wildman–Crippen LogP) is 5.06. The fourth-order valence-electron chi connectivity index (χ4n) is 4.45. The molecule has 1 aliphatic carbocycles. The number of rotatable bonds is 9. The maximum atomic E-state index is 13.3. The Hall–Kier alpha value is -3.13. The van der Waals surface area contributed by atoms with Crippen molar-refractivity contribution in [2.45, 2.75) is 70.3 Å². The van der Waals surface area contributed by atoms with Crippen LogP contribution >= 0.6 is 0 Å². The van der Waals surface area contributed by atoms with Crippen molar-refractivity contribution in [1.82, 2.24) is 0 Å². The number of allylic oxidation sites excluding steroid dienone is 2. The minimum Gasteiger partial charge on any atom is -0.469 e. The summed E-state index contributed by atoms with van der Waals surface area (Å²) in [6.45, 7) is 5.85. The molecule has 35 heavy (non-hydrogen) atoms. The van der Waals surface area contributed by atoms with Crippen molar-refractivity contribution >= 4 is 22.1 Å². The molecule has 1 fully saturated rings. The van der Waals surface area contributed by atoms with Crippen molar-refractivity contribution < 1.29 is 31.7 Å². The molecule has 4 rings (SSSR count). The van der Waals surface area contributed by atoms with Gasteiger partial charge in [0.1, 0.15) is 17.1 Å². The van der Waals surface area contributed by atoms with E-state index in [2.05, 4.69) is 0 Å². The van der Waals surface area contributed by atoms with E-state index in [1.165, 1.54) is 19.2 Å². The summed E-state index contributed by atoms with van der Waals surface area (Å²) in [6, 6.07) is 6.40. The molecule has 1 heterocycles. The van der Waals surface area contributed by atoms with Crippen molar-refractivity contribution in [3.05, 3.63) is 69.3 Å². The van der Waals surface area contributed by atoms with Gasteiger partial charge in [-0.05, 0) is 75.6 Å². The summed E-state index contributed by atoms with van der Waals surface area (Å²) in [5, 5.41) is 0. The van der Waals surface area contributed by atoms with Gasteiger partial charge in [0.2, 0.25) is 0 Å². The number of ether oxygens (including phenoxy) is 2. The molecular weight excluding hydrogens is 468 g/mol. The lowest BCUT2D eigenvalue weighted by atomic mass is 9.88. The van der Waals surface area contributed by atoms with Gasteiger partial charge in [-0.3, -0.25) is 4.79 Å². The first-order valence-corrected chi connectivity index (χ1v) is 13.1. The molecule has 1 saturated carbocycles. The SMILES string of the molecule is COC(=O)CCC(C)=CCc1c(OS(=O)(=O)c2ccc(C)cc2)c2c(c(C)c1C1CC1)COC2=O. The van der Waals surface area contributed by atoms with Crippen LogP contribution in [0, 0.1) is 13.8 Å². The highest BCUT2D eigenvalue weighted by Gasteiger charge is 2.38. The standard InChI is InChI=1S/C27H30O7S/c1-16-5-11-20(12-6-16)35(30,31)34-26-21(13-7-17(2)8-14-23(28)32-4)24(19-9-10-19)18(3)22-15-33-27(29)25(22)26/h5-7,11-12,19H,8-10,13-15H2,1-4H3. The normalized spacial score (nSPS) is 15.5. The zero-order valence-electron chi connectivity index (χ0n) is 20.5. The highest BCUT2D eigenvalue weighted by atomic mass is 32.2. The van der Waals surface area contributed by atoms with E-state index in [0.29, 0.717) is 29.9 Å². The summed E-state index contributed by atoms with van der Waals surface area (Å²) in [5.74, 6) is -0.514. The van der Waals surface area contributed by atoms with Crippen LogP contribution < -0.4 is 4.18 Å². The lowest BCUT2D eigenvalue weighted by Crippen LogP contribution is -2.16. The minimum atomic E-state index is -4.19. The van der Waals surface area contributed by atoms with E-state index in [1.807, 2.05) is 26.8 Å². The summed E-state index contributed by atoms with van der Waals surface area (Å²) in [7, 11) is -2.83. The van der Waals surface area contributed by atoms with E-state index in [0.717, 1.165) is 35.1 Å². The number of benzene rings is 2. The number of aryl methyl sites for hydroxylation is 1. The molecular formula is C27H30O7S. The number of esters is 2. The van der Waals surface area contributed by atoms with Gasteiger partial charge in [-0.1, -0.05) is 29.3 Å². The van der Waals surface area contributed by atoms with Gasteiger partial charge in [-0.2, -0.15) is 8.42 Å². The molecule has 0 unspecified atom stereocenters. The molecule has 0 amide bonds. The summed E-state index contributed by atoms with van der Waals surface area (Å²) in [4.78, 5) is 24.3. The van der Waals surface area contributed by atoms with Gasteiger partial charge in [0.05, 0.1) is 7.11 Å². The summed E-state index contributed by atoms with van der Waals surface area (Å²) >= 11 is 0. The third kappa shape index (κ3) is 5.27. The molecule has 0 spiro atoms. The van der Waals surface area contributed by atoms with Crippen molar-refractivity contribution in [2.75, 3.05) is 7.11 Å². The van der Waals surface area contributed by atoms with Crippen LogP contribution in [0.15, 0.2) is 40.8 Å². The van der Waals surface area contributed by atoms with Gasteiger partial charge in [-0.25, -0.2) is 4.79 Å². The van der Waals surface area contributed by atoms with Gasteiger partial charge in [-0.15, -0.1) is 0 Å². The molecule has 7 nitrogen and oxygen atoms in total. The topological polar surface area (TPSA) is 96.0 Å². The fourth-order valence-corrected chi connectivity index (χ4v) is 5.42. The van der Waals surface area contributed by atoms with E-state index in [1.54, 1.807) is 12.1 Å². The number of hydrogen-bond donors (Lipinski definition) is 0. The van der Waals surface area contributed by atoms with Crippen molar-refractivity contribution in [3.8, 4) is 5.75 Å². The summed E-state index contributed by atoms with van der Waals surface area (Å²) < 4.78 is 42.3. The highest BCUT2D eigenvalue weighted by Crippen LogP contribution is 2.49. The van der Waals surface area contributed by atoms with Gasteiger partial charge >= 0.3 is 22.1 Å². The number of hydrogen-bond acceptors (Lipinski definition) is 7. The average Bonchev–Trinajstić information content (AvgIpc) is 3.58. The minimum absolute atomic E-state index is 0.0208. The number of carbonyl (C=O) groups is 2. The van der Waals surface area contributed by atoms with Gasteiger partial charge in [0.25, 0.3) is 0 Å². The number of cyclic esters (lactones) is 1. The first-order chi connectivity index (χ1) is 16.6. The lowest BCUT2D eigenvalue weighted by Gasteiger charge is -2.20. The Morgan fingerprint density at radius 2 is 1.83 bits per heavy atom. The smallest absolute Gasteiger partial charge is 0.342 e. The zero-order chi connectivity index (χ0) is 25.3. The largest absolute Gasteiger partial charge is 0.469 e. The van der Waals surface area contributed by atoms with Crippen LogP contribution in [0.1, 0.15) is 76.7 Å². The lowest BCUT2D eigenvalue weighted by molar-refractivity contribution is -0.140. The van der Waals surface area contributed by atoms with E-state index in [4.69, 9.17) is 13.7 Å². The van der Waals surface area contributed by atoms with Crippen LogP contribution in [-0.2, 0) is 37.4 Å². The molecule has 2 aromatic rings. The Kier molecular flexibility index (Phi) is 7.03. The van der Waals surface area contributed by atoms with Gasteiger partial charge in [0, 0.05) is 17.5 Å².